The molecule has 0 radical (unpaired) electrons. The minimum Gasteiger partial charge on any atom is -0.497 e. The number of hydrogen-bond acceptors (Lipinski definition) is 8. The molecule has 2 N–H and O–H groups in total. The summed E-state index contributed by atoms with van der Waals surface area (Å²) in [6.45, 7) is 0. The van der Waals surface area contributed by atoms with Crippen LogP contribution in [0.4, 0.5) is 4.79 Å². The number of benzene rings is 2. The number of aromatic nitrogens is 2. The van der Waals surface area contributed by atoms with E-state index in [4.69, 9.17) is 13.9 Å². The predicted molar refractivity (Wildman–Crippen MR) is 110 cm³/mol. The number of methoxy groups -OCH3 is 2. The van der Waals surface area contributed by atoms with Crippen molar-refractivity contribution in [3.63, 3.8) is 0 Å². The molecule has 0 unspecified atom stereocenters. The highest BCUT2D eigenvalue weighted by atomic mass is 32.2. The van der Waals surface area contributed by atoms with Crippen molar-refractivity contribution in [2.75, 3.05) is 21.3 Å². The second-order valence-electron chi connectivity index (χ2n) is 5.95. The van der Waals surface area contributed by atoms with Crippen LogP contribution in [-0.4, -0.2) is 43.4 Å². The highest BCUT2D eigenvalue weighted by Crippen LogP contribution is 2.37. The minimum atomic E-state index is -0.767. The molecule has 0 aliphatic rings. The zero-order chi connectivity index (χ0) is 21.5. The lowest BCUT2D eigenvalue weighted by Gasteiger charge is -2.14. The van der Waals surface area contributed by atoms with Crippen molar-refractivity contribution in [2.24, 2.45) is 0 Å². The first-order valence-electron chi connectivity index (χ1n) is 8.85. The Hall–Kier alpha value is -3.53. The molecule has 9 nitrogen and oxygen atoms in total. The molecule has 0 saturated carbocycles. The summed E-state index contributed by atoms with van der Waals surface area (Å²) in [4.78, 5) is 24.2. The van der Waals surface area contributed by atoms with Crippen LogP contribution in [0.25, 0.3) is 11.5 Å². The number of carbonyl (C=O) groups is 2. The van der Waals surface area contributed by atoms with Gasteiger partial charge in [-0.1, -0.05) is 30.3 Å². The summed E-state index contributed by atoms with van der Waals surface area (Å²) >= 11 is 1.04. The Morgan fingerprint density at radius 2 is 1.70 bits per heavy atom. The normalized spacial score (nSPS) is 11.4. The van der Waals surface area contributed by atoms with E-state index in [0.717, 1.165) is 11.8 Å². The van der Waals surface area contributed by atoms with E-state index < -0.39 is 17.2 Å². The smallest absolute Gasteiger partial charge is 0.321 e. The number of hydrogen-bond donors (Lipinski definition) is 2. The van der Waals surface area contributed by atoms with Crippen LogP contribution in [0.1, 0.15) is 10.8 Å². The summed E-state index contributed by atoms with van der Waals surface area (Å²) in [5, 5.41) is 12.1. The van der Waals surface area contributed by atoms with Gasteiger partial charge in [-0.15, -0.1) is 10.2 Å². The molecule has 1 atom stereocenters. The van der Waals surface area contributed by atoms with E-state index in [-0.39, 0.29) is 11.1 Å². The van der Waals surface area contributed by atoms with Gasteiger partial charge in [-0.05, 0) is 29.5 Å². The molecular weight excluding hydrogens is 408 g/mol. The Morgan fingerprint density at radius 3 is 2.30 bits per heavy atom. The van der Waals surface area contributed by atoms with Gasteiger partial charge in [0.25, 0.3) is 5.22 Å². The van der Waals surface area contributed by atoms with Gasteiger partial charge < -0.3 is 19.2 Å². The van der Waals surface area contributed by atoms with Crippen molar-refractivity contribution < 1.29 is 23.5 Å². The van der Waals surface area contributed by atoms with Crippen molar-refractivity contribution in [1.29, 1.82) is 0 Å². The molecule has 3 aromatic rings. The predicted octanol–water partition coefficient (Wildman–Crippen LogP) is 3.04. The molecule has 0 aliphatic carbocycles. The second kappa shape index (κ2) is 9.79. The summed E-state index contributed by atoms with van der Waals surface area (Å²) in [5.74, 6) is 0.884. The summed E-state index contributed by atoms with van der Waals surface area (Å²) < 4.78 is 16.3. The first-order chi connectivity index (χ1) is 14.5. The number of imide groups is 1. The molecule has 1 heterocycles. The van der Waals surface area contributed by atoms with Crippen LogP contribution in [0.3, 0.4) is 0 Å². The van der Waals surface area contributed by atoms with Crippen molar-refractivity contribution in [3.05, 3.63) is 54.1 Å². The van der Waals surface area contributed by atoms with Gasteiger partial charge >= 0.3 is 6.03 Å². The Kier molecular flexibility index (Phi) is 6.91. The Morgan fingerprint density at radius 1 is 1.03 bits per heavy atom. The van der Waals surface area contributed by atoms with Crippen molar-refractivity contribution in [2.45, 2.75) is 10.5 Å². The number of amides is 3. The van der Waals surface area contributed by atoms with E-state index >= 15 is 0 Å². The maximum atomic E-state index is 12.6. The molecule has 0 bridgehead atoms. The van der Waals surface area contributed by atoms with Crippen LogP contribution in [0, 0.1) is 0 Å². The molecule has 3 rings (SSSR count). The third kappa shape index (κ3) is 5.09. The summed E-state index contributed by atoms with van der Waals surface area (Å²) in [5.41, 5.74) is 1.29. The highest BCUT2D eigenvalue weighted by molar-refractivity contribution is 8.00. The Balaban J connectivity index is 1.87. The third-order valence-electron chi connectivity index (χ3n) is 4.03. The number of rotatable bonds is 7. The van der Waals surface area contributed by atoms with E-state index in [2.05, 4.69) is 20.8 Å². The maximum Gasteiger partial charge on any atom is 0.321 e. The average molecular weight is 428 g/mol. The third-order valence-corrected chi connectivity index (χ3v) is 5.12. The molecule has 10 heteroatoms. The van der Waals surface area contributed by atoms with E-state index in [1.165, 1.54) is 7.05 Å². The van der Waals surface area contributed by atoms with Gasteiger partial charge in [0.05, 0.1) is 14.2 Å². The quantitative estimate of drug-likeness (QED) is 0.552. The lowest BCUT2D eigenvalue weighted by atomic mass is 10.1. The molecule has 30 heavy (non-hydrogen) atoms. The Bertz CT molecular complexity index is 1000. The summed E-state index contributed by atoms with van der Waals surface area (Å²) in [6, 6.07) is 13.6. The van der Waals surface area contributed by atoms with Crippen LogP contribution < -0.4 is 20.1 Å². The van der Waals surface area contributed by atoms with Crippen molar-refractivity contribution in [1.82, 2.24) is 20.8 Å². The maximum absolute atomic E-state index is 12.6. The van der Waals surface area contributed by atoms with Crippen molar-refractivity contribution >= 4 is 23.7 Å². The van der Waals surface area contributed by atoms with Crippen LogP contribution in [0.5, 0.6) is 11.5 Å². The molecule has 0 saturated heterocycles. The van der Waals surface area contributed by atoms with Crippen LogP contribution in [0.15, 0.2) is 58.2 Å². The van der Waals surface area contributed by atoms with Gasteiger partial charge in [0.1, 0.15) is 16.7 Å². The lowest BCUT2D eigenvalue weighted by molar-refractivity contribution is -0.119. The molecule has 3 amide bonds. The Labute approximate surface area is 177 Å². The van der Waals surface area contributed by atoms with Gasteiger partial charge in [0.2, 0.25) is 11.8 Å². The van der Waals surface area contributed by atoms with E-state index in [1.54, 1.807) is 56.7 Å². The lowest BCUT2D eigenvalue weighted by Crippen LogP contribution is -2.39. The topological polar surface area (TPSA) is 116 Å². The fraction of sp³-hybridized carbons (Fsp3) is 0.200. The zero-order valence-corrected chi connectivity index (χ0v) is 17.4. The van der Waals surface area contributed by atoms with E-state index in [1.807, 2.05) is 6.07 Å². The van der Waals surface area contributed by atoms with E-state index in [9.17, 15) is 9.59 Å². The zero-order valence-electron chi connectivity index (χ0n) is 16.5. The molecule has 2 aromatic carbocycles. The number of ether oxygens (including phenoxy) is 2. The molecule has 156 valence electrons. The number of urea groups is 1. The van der Waals surface area contributed by atoms with Crippen molar-refractivity contribution in [3.8, 4) is 23.0 Å². The van der Waals surface area contributed by atoms with Gasteiger partial charge in [0.15, 0.2) is 0 Å². The van der Waals surface area contributed by atoms with Crippen LogP contribution in [-0.2, 0) is 4.79 Å². The highest BCUT2D eigenvalue weighted by Gasteiger charge is 2.26. The van der Waals surface area contributed by atoms with Gasteiger partial charge in [-0.3, -0.25) is 10.1 Å². The van der Waals surface area contributed by atoms with Gasteiger partial charge in [-0.2, -0.15) is 0 Å². The molecule has 0 spiro atoms. The molecule has 1 aromatic heterocycles. The average Bonchev–Trinajstić information content (AvgIpc) is 3.26. The van der Waals surface area contributed by atoms with Gasteiger partial charge in [0, 0.05) is 18.7 Å². The van der Waals surface area contributed by atoms with Gasteiger partial charge in [-0.25, -0.2) is 4.79 Å². The fourth-order valence-electron chi connectivity index (χ4n) is 2.55. The standard InChI is InChI=1S/C20H20N4O5S/c1-21-19(26)22-17(25)16(12-7-5-4-6-8-12)30-20-24-23-18(29-20)13-9-14(27-2)11-15(10-13)28-3/h4-11,16H,1-3H3,(H2,21,22,25,26)/t16-/m1/s1. The summed E-state index contributed by atoms with van der Waals surface area (Å²) in [7, 11) is 4.52. The van der Waals surface area contributed by atoms with Crippen LogP contribution >= 0.6 is 11.8 Å². The fourth-order valence-corrected chi connectivity index (χ4v) is 3.42. The number of carbonyl (C=O) groups excluding carboxylic acids is 2. The molecule has 0 fully saturated rings. The summed E-state index contributed by atoms with van der Waals surface area (Å²) in [6.07, 6.45) is 0. The minimum absolute atomic E-state index is 0.174. The van der Waals surface area contributed by atoms with E-state index in [0.29, 0.717) is 22.6 Å². The first-order valence-corrected chi connectivity index (χ1v) is 9.73. The molecular formula is C20H20N4O5S. The number of thioether (sulfide) groups is 1. The SMILES string of the molecule is CNC(=O)NC(=O)[C@H](Sc1nnc(-c2cc(OC)cc(OC)c2)o1)c1ccccc1. The van der Waals surface area contributed by atoms with Crippen LogP contribution in [0.2, 0.25) is 0 Å². The molecule has 0 aliphatic heterocycles. The second-order valence-corrected chi connectivity index (χ2v) is 7.01. The monoisotopic (exact) mass is 428 g/mol. The largest absolute Gasteiger partial charge is 0.497 e. The number of nitrogens with zero attached hydrogens (tertiary/aromatic N) is 2. The number of nitrogens with one attached hydrogen (secondary N) is 2. The first kappa shape index (κ1) is 21.2.